The molecule has 0 radical (unpaired) electrons. The van der Waals surface area contributed by atoms with Crippen LogP contribution in [0.3, 0.4) is 0 Å². The Morgan fingerprint density at radius 1 is 0.828 bits per heavy atom. The second-order valence-corrected chi connectivity index (χ2v) is 7.51. The van der Waals surface area contributed by atoms with Crippen LogP contribution in [0, 0.1) is 17.6 Å². The van der Waals surface area contributed by atoms with E-state index in [4.69, 9.17) is 0 Å². The predicted molar refractivity (Wildman–Crippen MR) is 101 cm³/mol. The largest absolute Gasteiger partial charge is 0.422 e. The zero-order chi connectivity index (χ0) is 21.0. The van der Waals surface area contributed by atoms with E-state index >= 15 is 0 Å². The van der Waals surface area contributed by atoms with Crippen LogP contribution in [0.5, 0.6) is 0 Å². The van der Waals surface area contributed by atoms with Crippen molar-refractivity contribution in [1.29, 1.82) is 0 Å². The van der Waals surface area contributed by atoms with Crippen molar-refractivity contribution >= 4 is 0 Å². The van der Waals surface area contributed by atoms with Crippen molar-refractivity contribution in [3.63, 3.8) is 0 Å². The van der Waals surface area contributed by atoms with E-state index in [0.29, 0.717) is 17.4 Å². The van der Waals surface area contributed by atoms with E-state index in [-0.39, 0.29) is 5.56 Å². The van der Waals surface area contributed by atoms with Gasteiger partial charge < -0.3 is 0 Å². The Balaban J connectivity index is 1.69. The Labute approximate surface area is 166 Å². The van der Waals surface area contributed by atoms with Crippen molar-refractivity contribution in [2.45, 2.75) is 44.2 Å². The van der Waals surface area contributed by atoms with Crippen LogP contribution in [0.15, 0.2) is 48.6 Å². The first-order valence-corrected chi connectivity index (χ1v) is 9.67. The molecule has 0 atom stereocenters. The minimum absolute atomic E-state index is 0.0721. The average Bonchev–Trinajstić information content (AvgIpc) is 2.67. The normalized spacial score (nSPS) is 20.3. The molecular formula is C23H22F6. The van der Waals surface area contributed by atoms with Gasteiger partial charge in [0, 0.05) is 0 Å². The van der Waals surface area contributed by atoms with Crippen LogP contribution in [-0.4, -0.2) is 6.67 Å². The third-order valence-corrected chi connectivity index (χ3v) is 5.61. The van der Waals surface area contributed by atoms with Crippen LogP contribution in [0.1, 0.15) is 49.1 Å². The van der Waals surface area contributed by atoms with Gasteiger partial charge in [0.25, 0.3) is 0 Å². The molecule has 0 saturated heterocycles. The molecule has 2 aromatic rings. The first-order chi connectivity index (χ1) is 13.8. The molecule has 0 heterocycles. The van der Waals surface area contributed by atoms with Gasteiger partial charge in [-0.2, -0.15) is 13.2 Å². The number of allylic oxidation sites excluding steroid dienone is 2. The SMILES string of the molecule is FC/C=C/CC1CCC(c2ccc(-c3cc(F)c(C(F)(F)F)c(F)c3)cc2)CC1. The number of hydrogen-bond donors (Lipinski definition) is 0. The van der Waals surface area contributed by atoms with E-state index < -0.39 is 30.0 Å². The predicted octanol–water partition coefficient (Wildman–Crippen LogP) is 7.84. The highest BCUT2D eigenvalue weighted by atomic mass is 19.4. The van der Waals surface area contributed by atoms with Crippen molar-refractivity contribution < 1.29 is 26.3 Å². The Morgan fingerprint density at radius 2 is 1.41 bits per heavy atom. The summed E-state index contributed by atoms with van der Waals surface area (Å²) in [5.41, 5.74) is -0.219. The van der Waals surface area contributed by atoms with Crippen LogP contribution in [-0.2, 0) is 6.18 Å². The average molecular weight is 412 g/mol. The number of rotatable bonds is 5. The number of hydrogen-bond acceptors (Lipinski definition) is 0. The van der Waals surface area contributed by atoms with E-state index in [9.17, 15) is 26.3 Å². The zero-order valence-electron chi connectivity index (χ0n) is 15.8. The van der Waals surface area contributed by atoms with Crippen molar-refractivity contribution in [2.75, 3.05) is 6.67 Å². The lowest BCUT2D eigenvalue weighted by atomic mass is 9.77. The fraction of sp³-hybridized carbons (Fsp3) is 0.391. The maximum atomic E-state index is 13.8. The van der Waals surface area contributed by atoms with E-state index in [1.165, 1.54) is 6.08 Å². The maximum absolute atomic E-state index is 13.8. The Bertz CT molecular complexity index is 820. The third kappa shape index (κ3) is 5.22. The second-order valence-electron chi connectivity index (χ2n) is 7.51. The van der Waals surface area contributed by atoms with Crippen LogP contribution in [0.4, 0.5) is 26.3 Å². The summed E-state index contributed by atoms with van der Waals surface area (Å²) in [6, 6.07) is 8.56. The minimum atomic E-state index is -5.07. The molecule has 1 saturated carbocycles. The summed E-state index contributed by atoms with van der Waals surface area (Å²) in [4.78, 5) is 0. The monoisotopic (exact) mass is 412 g/mol. The van der Waals surface area contributed by atoms with E-state index in [0.717, 1.165) is 49.8 Å². The van der Waals surface area contributed by atoms with Crippen LogP contribution >= 0.6 is 0 Å². The molecule has 1 aliphatic carbocycles. The topological polar surface area (TPSA) is 0 Å². The fourth-order valence-corrected chi connectivity index (χ4v) is 4.04. The van der Waals surface area contributed by atoms with Gasteiger partial charge in [-0.15, -0.1) is 0 Å². The summed E-state index contributed by atoms with van der Waals surface area (Å²) in [5.74, 6) is -2.29. The molecule has 3 rings (SSSR count). The third-order valence-electron chi connectivity index (χ3n) is 5.61. The maximum Gasteiger partial charge on any atom is 0.422 e. The molecule has 29 heavy (non-hydrogen) atoms. The molecule has 1 fully saturated rings. The summed E-state index contributed by atoms with van der Waals surface area (Å²) in [7, 11) is 0. The standard InChI is InChI=1S/C23H22F6/c24-12-2-1-3-15-4-6-16(7-5-15)17-8-10-18(11-9-17)19-13-20(25)22(21(26)14-19)23(27,28)29/h1-2,8-11,13-16H,3-7,12H2/b2-1+. The van der Waals surface area contributed by atoms with Crippen molar-refractivity contribution in [2.24, 2.45) is 5.92 Å². The van der Waals surface area contributed by atoms with Crippen molar-refractivity contribution in [1.82, 2.24) is 0 Å². The quantitative estimate of drug-likeness (QED) is 0.347. The highest BCUT2D eigenvalue weighted by Gasteiger charge is 2.38. The molecule has 0 unspecified atom stereocenters. The van der Waals surface area contributed by atoms with Crippen molar-refractivity contribution in [3.05, 3.63) is 71.3 Å². The van der Waals surface area contributed by atoms with Gasteiger partial charge in [0.1, 0.15) is 23.9 Å². The molecule has 0 spiro atoms. The highest BCUT2D eigenvalue weighted by molar-refractivity contribution is 5.64. The van der Waals surface area contributed by atoms with Gasteiger partial charge in [0.05, 0.1) is 0 Å². The van der Waals surface area contributed by atoms with Gasteiger partial charge in [-0.3, -0.25) is 0 Å². The molecule has 0 N–H and O–H groups in total. The van der Waals surface area contributed by atoms with E-state index in [1.54, 1.807) is 12.1 Å². The van der Waals surface area contributed by atoms with Crippen LogP contribution in [0.25, 0.3) is 11.1 Å². The van der Waals surface area contributed by atoms with Gasteiger partial charge >= 0.3 is 6.18 Å². The van der Waals surface area contributed by atoms with Gasteiger partial charge in [-0.1, -0.05) is 36.4 Å². The smallest absolute Gasteiger partial charge is 0.247 e. The van der Waals surface area contributed by atoms with E-state index in [1.807, 2.05) is 18.2 Å². The summed E-state index contributed by atoms with van der Waals surface area (Å²) >= 11 is 0. The summed E-state index contributed by atoms with van der Waals surface area (Å²) < 4.78 is 77.9. The number of halogens is 6. The first kappa shape index (κ1) is 21.5. The van der Waals surface area contributed by atoms with Crippen LogP contribution < -0.4 is 0 Å². The molecule has 0 nitrogen and oxygen atoms in total. The van der Waals surface area contributed by atoms with Gasteiger partial charge in [0.2, 0.25) is 0 Å². The van der Waals surface area contributed by atoms with Gasteiger partial charge in [0.15, 0.2) is 0 Å². The molecule has 0 bridgehead atoms. The Kier molecular flexibility index (Phi) is 6.70. The highest BCUT2D eigenvalue weighted by Crippen LogP contribution is 2.39. The number of alkyl halides is 4. The molecule has 0 amide bonds. The molecule has 2 aromatic carbocycles. The molecular weight excluding hydrogens is 390 g/mol. The Hall–Kier alpha value is -2.24. The van der Waals surface area contributed by atoms with E-state index in [2.05, 4.69) is 0 Å². The first-order valence-electron chi connectivity index (χ1n) is 9.67. The lowest BCUT2D eigenvalue weighted by Crippen LogP contribution is -2.13. The summed E-state index contributed by atoms with van der Waals surface area (Å²) in [5, 5.41) is 0. The minimum Gasteiger partial charge on any atom is -0.247 e. The Morgan fingerprint density at radius 3 is 1.93 bits per heavy atom. The zero-order valence-corrected chi connectivity index (χ0v) is 15.8. The lowest BCUT2D eigenvalue weighted by molar-refractivity contribution is -0.142. The summed E-state index contributed by atoms with van der Waals surface area (Å²) in [6.45, 7) is -0.436. The lowest BCUT2D eigenvalue weighted by Gasteiger charge is -2.28. The molecule has 0 aliphatic heterocycles. The van der Waals surface area contributed by atoms with Gasteiger partial charge in [-0.05, 0) is 72.8 Å². The molecule has 6 heteroatoms. The van der Waals surface area contributed by atoms with Gasteiger partial charge in [-0.25, -0.2) is 13.2 Å². The molecule has 156 valence electrons. The molecule has 0 aromatic heterocycles. The second kappa shape index (κ2) is 9.06. The van der Waals surface area contributed by atoms with Crippen molar-refractivity contribution in [3.8, 4) is 11.1 Å². The molecule has 1 aliphatic rings. The van der Waals surface area contributed by atoms with Crippen LogP contribution in [0.2, 0.25) is 0 Å². The summed E-state index contributed by atoms with van der Waals surface area (Å²) in [6.07, 6.45) is 3.38. The fourth-order valence-electron chi connectivity index (χ4n) is 4.04. The number of benzene rings is 2.